The number of alkyl carbamates (subject to hydrolysis) is 1. The highest BCUT2D eigenvalue weighted by molar-refractivity contribution is 6.02. The molecular formula is C17H20N2O5. The third-order valence-electron chi connectivity index (χ3n) is 3.62. The lowest BCUT2D eigenvalue weighted by molar-refractivity contribution is -0.120. The van der Waals surface area contributed by atoms with Crippen LogP contribution < -0.4 is 15.0 Å². The number of benzene rings is 1. The molecule has 1 N–H and O–H groups in total. The standard InChI is InChI=1S/C17H20N2O5/c1-17(2,3)24-16(21)18-11-9-23-14-8-13-10(5-6-22-13)7-12(14)19(4)15(11)20/h5-8,11H,9H2,1-4H3,(H,18,21)/t11-/m0/s1. The SMILES string of the molecule is CN1C(=O)[C@@H](NC(=O)OC(C)(C)C)COc2cc3occc3cc21. The minimum absolute atomic E-state index is 0.0155. The first-order valence-electron chi connectivity index (χ1n) is 7.66. The average Bonchev–Trinajstić information content (AvgIpc) is 2.90. The lowest BCUT2D eigenvalue weighted by atomic mass is 10.2. The molecule has 3 rings (SSSR count). The molecule has 1 aliphatic heterocycles. The summed E-state index contributed by atoms with van der Waals surface area (Å²) in [5, 5.41) is 3.44. The van der Waals surface area contributed by atoms with Gasteiger partial charge in [-0.1, -0.05) is 0 Å². The van der Waals surface area contributed by atoms with Crippen molar-refractivity contribution in [3.8, 4) is 5.75 Å². The maximum Gasteiger partial charge on any atom is 0.408 e. The Balaban J connectivity index is 1.82. The quantitative estimate of drug-likeness (QED) is 0.868. The predicted molar refractivity (Wildman–Crippen MR) is 88.3 cm³/mol. The zero-order valence-corrected chi connectivity index (χ0v) is 14.1. The Kier molecular flexibility index (Phi) is 3.87. The van der Waals surface area contributed by atoms with Gasteiger partial charge in [-0.3, -0.25) is 4.79 Å². The van der Waals surface area contributed by atoms with Crippen LogP contribution in [0.5, 0.6) is 5.75 Å². The molecule has 24 heavy (non-hydrogen) atoms. The van der Waals surface area contributed by atoms with Gasteiger partial charge >= 0.3 is 6.09 Å². The molecule has 2 amide bonds. The van der Waals surface area contributed by atoms with Gasteiger partial charge in [0.1, 0.15) is 29.6 Å². The first kappa shape index (κ1) is 16.2. The van der Waals surface area contributed by atoms with Gasteiger partial charge in [0, 0.05) is 18.5 Å². The molecule has 0 aliphatic carbocycles. The summed E-state index contributed by atoms with van der Waals surface area (Å²) in [5.41, 5.74) is 0.661. The monoisotopic (exact) mass is 332 g/mol. The molecule has 2 aromatic rings. The highest BCUT2D eigenvalue weighted by Crippen LogP contribution is 2.35. The summed E-state index contributed by atoms with van der Waals surface area (Å²) in [4.78, 5) is 26.0. The van der Waals surface area contributed by atoms with E-state index in [4.69, 9.17) is 13.9 Å². The molecule has 0 saturated carbocycles. The van der Waals surface area contributed by atoms with E-state index in [1.807, 2.05) is 12.1 Å². The van der Waals surface area contributed by atoms with Crippen molar-refractivity contribution >= 4 is 28.7 Å². The first-order valence-corrected chi connectivity index (χ1v) is 7.66. The van der Waals surface area contributed by atoms with E-state index in [0.717, 1.165) is 5.39 Å². The second-order valence-corrected chi connectivity index (χ2v) is 6.69. The molecule has 0 fully saturated rings. The maximum atomic E-state index is 12.6. The van der Waals surface area contributed by atoms with Crippen LogP contribution in [-0.2, 0) is 9.53 Å². The number of furan rings is 1. The number of rotatable bonds is 1. The van der Waals surface area contributed by atoms with E-state index in [-0.39, 0.29) is 12.5 Å². The highest BCUT2D eigenvalue weighted by Gasteiger charge is 2.32. The molecule has 0 saturated heterocycles. The fraction of sp³-hybridized carbons (Fsp3) is 0.412. The zero-order chi connectivity index (χ0) is 17.5. The molecule has 0 bridgehead atoms. The highest BCUT2D eigenvalue weighted by atomic mass is 16.6. The third-order valence-corrected chi connectivity index (χ3v) is 3.62. The number of hydrogen-bond acceptors (Lipinski definition) is 5. The van der Waals surface area contributed by atoms with Crippen molar-refractivity contribution in [2.75, 3.05) is 18.6 Å². The van der Waals surface area contributed by atoms with E-state index < -0.39 is 17.7 Å². The van der Waals surface area contributed by atoms with Crippen molar-refractivity contribution in [2.24, 2.45) is 0 Å². The lowest BCUT2D eigenvalue weighted by Crippen LogP contribution is -2.50. The molecule has 7 heteroatoms. The number of ether oxygens (including phenoxy) is 2. The number of amides is 2. The van der Waals surface area contributed by atoms with E-state index in [1.165, 1.54) is 4.90 Å². The average molecular weight is 332 g/mol. The van der Waals surface area contributed by atoms with Crippen molar-refractivity contribution in [1.29, 1.82) is 0 Å². The van der Waals surface area contributed by atoms with Crippen molar-refractivity contribution < 1.29 is 23.5 Å². The van der Waals surface area contributed by atoms with Gasteiger partial charge in [0.2, 0.25) is 0 Å². The van der Waals surface area contributed by atoms with Crippen molar-refractivity contribution in [3.63, 3.8) is 0 Å². The Morgan fingerprint density at radius 1 is 1.38 bits per heavy atom. The van der Waals surface area contributed by atoms with E-state index in [0.29, 0.717) is 17.0 Å². The van der Waals surface area contributed by atoms with Crippen molar-refractivity contribution in [3.05, 3.63) is 24.5 Å². The summed E-state index contributed by atoms with van der Waals surface area (Å²) in [6.07, 6.45) is 0.927. The second-order valence-electron chi connectivity index (χ2n) is 6.69. The molecule has 1 atom stereocenters. The molecule has 0 unspecified atom stereocenters. The molecule has 1 aromatic carbocycles. The van der Waals surface area contributed by atoms with Gasteiger partial charge in [-0.2, -0.15) is 0 Å². The summed E-state index contributed by atoms with van der Waals surface area (Å²) in [7, 11) is 1.64. The van der Waals surface area contributed by atoms with Gasteiger partial charge in [-0.25, -0.2) is 4.79 Å². The number of nitrogens with one attached hydrogen (secondary N) is 1. The Bertz CT molecular complexity index is 790. The van der Waals surface area contributed by atoms with Gasteiger partial charge in [0.05, 0.1) is 12.0 Å². The van der Waals surface area contributed by atoms with Crippen LogP contribution in [0.15, 0.2) is 28.9 Å². The van der Waals surface area contributed by atoms with Crippen LogP contribution in [0.4, 0.5) is 10.5 Å². The first-order chi connectivity index (χ1) is 11.2. The molecule has 0 radical (unpaired) electrons. The zero-order valence-electron chi connectivity index (χ0n) is 14.1. The lowest BCUT2D eigenvalue weighted by Gasteiger charge is -2.23. The van der Waals surface area contributed by atoms with Crippen LogP contribution in [-0.4, -0.2) is 37.3 Å². The van der Waals surface area contributed by atoms with Crippen LogP contribution in [0, 0.1) is 0 Å². The van der Waals surface area contributed by atoms with E-state index in [9.17, 15) is 9.59 Å². The van der Waals surface area contributed by atoms with Gasteiger partial charge in [-0.15, -0.1) is 0 Å². The molecule has 7 nitrogen and oxygen atoms in total. The van der Waals surface area contributed by atoms with E-state index in [1.54, 1.807) is 40.1 Å². The number of anilines is 1. The molecular weight excluding hydrogens is 312 g/mol. The van der Waals surface area contributed by atoms with Gasteiger partial charge in [0.15, 0.2) is 0 Å². The van der Waals surface area contributed by atoms with E-state index in [2.05, 4.69) is 5.32 Å². The summed E-state index contributed by atoms with van der Waals surface area (Å²) in [6, 6.07) is 4.55. The number of carbonyl (C=O) groups excluding carboxylic acids is 2. The Morgan fingerprint density at radius 3 is 2.83 bits per heavy atom. The largest absolute Gasteiger partial charge is 0.489 e. The fourth-order valence-electron chi connectivity index (χ4n) is 2.51. The molecule has 0 spiro atoms. The fourth-order valence-corrected chi connectivity index (χ4v) is 2.51. The Labute approximate surface area is 139 Å². The second kappa shape index (κ2) is 5.74. The van der Waals surface area contributed by atoms with E-state index >= 15 is 0 Å². The van der Waals surface area contributed by atoms with Gasteiger partial charge in [0.25, 0.3) is 5.91 Å². The maximum absolute atomic E-state index is 12.6. The van der Waals surface area contributed by atoms with Gasteiger partial charge < -0.3 is 24.1 Å². The number of carbonyl (C=O) groups is 2. The molecule has 1 aliphatic rings. The predicted octanol–water partition coefficient (Wildman–Crippen LogP) is 2.68. The Hall–Kier alpha value is -2.70. The molecule has 128 valence electrons. The Morgan fingerprint density at radius 2 is 2.12 bits per heavy atom. The smallest absolute Gasteiger partial charge is 0.408 e. The summed E-state index contributed by atoms with van der Waals surface area (Å²) < 4.78 is 16.3. The number of likely N-dealkylation sites (N-methyl/N-ethyl adjacent to an activating group) is 1. The van der Waals surface area contributed by atoms with Crippen LogP contribution in [0.1, 0.15) is 20.8 Å². The van der Waals surface area contributed by atoms with Crippen LogP contribution in [0.3, 0.4) is 0 Å². The summed E-state index contributed by atoms with van der Waals surface area (Å²) in [6.45, 7) is 5.29. The van der Waals surface area contributed by atoms with Crippen LogP contribution in [0.25, 0.3) is 11.0 Å². The summed E-state index contributed by atoms with van der Waals surface area (Å²) in [5.74, 6) is 0.254. The van der Waals surface area contributed by atoms with Crippen molar-refractivity contribution in [1.82, 2.24) is 5.32 Å². The number of nitrogens with zero attached hydrogens (tertiary/aromatic N) is 1. The molecule has 2 heterocycles. The normalized spacial score (nSPS) is 17.9. The minimum atomic E-state index is -0.830. The molecule has 1 aromatic heterocycles. The number of hydrogen-bond donors (Lipinski definition) is 1. The van der Waals surface area contributed by atoms with Crippen LogP contribution >= 0.6 is 0 Å². The number of fused-ring (bicyclic) bond motifs is 2. The minimum Gasteiger partial charge on any atom is -0.489 e. The summed E-state index contributed by atoms with van der Waals surface area (Å²) >= 11 is 0. The van der Waals surface area contributed by atoms with Gasteiger partial charge in [-0.05, 0) is 32.9 Å². The topological polar surface area (TPSA) is 81.0 Å². The van der Waals surface area contributed by atoms with Crippen molar-refractivity contribution in [2.45, 2.75) is 32.4 Å². The van der Waals surface area contributed by atoms with Crippen LogP contribution in [0.2, 0.25) is 0 Å². The third kappa shape index (κ3) is 3.15.